The number of nitrogens with one attached hydrogen (secondary N) is 3. The van der Waals surface area contributed by atoms with Gasteiger partial charge in [0.05, 0.1) is 12.1 Å². The number of hydrogen-bond acceptors (Lipinski definition) is 5. The summed E-state index contributed by atoms with van der Waals surface area (Å²) in [6.07, 6.45) is 7.67. The van der Waals surface area contributed by atoms with E-state index in [0.717, 1.165) is 12.0 Å². The Labute approximate surface area is 164 Å². The Morgan fingerprint density at radius 3 is 2.75 bits per heavy atom. The summed E-state index contributed by atoms with van der Waals surface area (Å²) in [6.45, 7) is 3.13. The highest BCUT2D eigenvalue weighted by Crippen LogP contribution is 2.27. The molecule has 2 heterocycles. The maximum Gasteiger partial charge on any atom is 0.269 e. The third-order valence-corrected chi connectivity index (χ3v) is 4.98. The maximum absolute atomic E-state index is 12.6. The van der Waals surface area contributed by atoms with Crippen molar-refractivity contribution in [2.45, 2.75) is 51.3 Å². The van der Waals surface area contributed by atoms with E-state index in [2.05, 4.69) is 25.8 Å². The first kappa shape index (κ1) is 20.0. The number of carbonyl (C=O) groups excluding carboxylic acids is 2. The smallest absolute Gasteiger partial charge is 0.269 e. The Kier molecular flexibility index (Phi) is 7.13. The van der Waals surface area contributed by atoms with Crippen molar-refractivity contribution in [2.24, 2.45) is 5.92 Å². The molecule has 3 N–H and O–H groups in total. The fourth-order valence-electron chi connectivity index (χ4n) is 3.45. The van der Waals surface area contributed by atoms with Gasteiger partial charge in [-0.2, -0.15) is 5.10 Å². The molecule has 150 valence electrons. The van der Waals surface area contributed by atoms with Gasteiger partial charge in [0.1, 0.15) is 5.69 Å². The van der Waals surface area contributed by atoms with Gasteiger partial charge in [0.15, 0.2) is 0 Å². The number of nitrogens with zero attached hydrogens (tertiary/aromatic N) is 2. The van der Waals surface area contributed by atoms with E-state index >= 15 is 0 Å². The highest BCUT2D eigenvalue weighted by atomic mass is 16.5. The van der Waals surface area contributed by atoms with Crippen molar-refractivity contribution in [3.05, 3.63) is 48.0 Å². The molecule has 0 aliphatic heterocycles. The summed E-state index contributed by atoms with van der Waals surface area (Å²) in [5.74, 6) is -0.294. The second-order valence-electron chi connectivity index (χ2n) is 7.04. The second-order valence-corrected chi connectivity index (χ2v) is 7.04. The minimum atomic E-state index is -0.201. The number of hydrogen-bond donors (Lipinski definition) is 3. The van der Waals surface area contributed by atoms with E-state index in [1.54, 1.807) is 24.7 Å². The zero-order valence-electron chi connectivity index (χ0n) is 16.1. The van der Waals surface area contributed by atoms with E-state index in [1.807, 2.05) is 19.1 Å². The quantitative estimate of drug-likeness (QED) is 0.642. The van der Waals surface area contributed by atoms with Crippen molar-refractivity contribution in [1.82, 2.24) is 25.8 Å². The number of carbonyl (C=O) groups is 2. The fourth-order valence-corrected chi connectivity index (χ4v) is 3.45. The lowest BCUT2D eigenvalue weighted by Crippen LogP contribution is -2.50. The average molecular weight is 385 g/mol. The van der Waals surface area contributed by atoms with Crippen molar-refractivity contribution in [1.29, 1.82) is 0 Å². The Bertz CT molecular complexity index is 750. The highest BCUT2D eigenvalue weighted by Gasteiger charge is 2.35. The molecule has 2 aromatic rings. The van der Waals surface area contributed by atoms with Gasteiger partial charge in [0.2, 0.25) is 5.91 Å². The van der Waals surface area contributed by atoms with Crippen LogP contribution in [0.15, 0.2) is 36.8 Å². The number of rotatable bonds is 8. The molecule has 0 saturated heterocycles. The standard InChI is InChI=1S/C20H27N5O3/c1-2-11-28-18-12-15(19(26)22-13-14-5-8-21-9-6-14)3-4-16(18)24-20(27)17-7-10-23-25-17/h5-10,15-16,18H,2-4,11-13H2,1H3,(H,22,26)(H,23,25)(H,24,27)/t15-,16-,18-/m0/s1. The van der Waals surface area contributed by atoms with Crippen LogP contribution in [0.5, 0.6) is 0 Å². The monoisotopic (exact) mass is 385 g/mol. The molecular weight excluding hydrogens is 358 g/mol. The largest absolute Gasteiger partial charge is 0.376 e. The maximum atomic E-state index is 12.6. The molecule has 0 spiro atoms. The lowest BCUT2D eigenvalue weighted by atomic mass is 9.83. The predicted molar refractivity (Wildman–Crippen MR) is 103 cm³/mol. The van der Waals surface area contributed by atoms with Gasteiger partial charge >= 0.3 is 0 Å². The summed E-state index contributed by atoms with van der Waals surface area (Å²) in [5.41, 5.74) is 1.44. The molecular formula is C20H27N5O3. The van der Waals surface area contributed by atoms with Gasteiger partial charge in [-0.05, 0) is 49.4 Å². The molecule has 0 unspecified atom stereocenters. The van der Waals surface area contributed by atoms with Crippen molar-refractivity contribution in [3.63, 3.8) is 0 Å². The number of pyridine rings is 1. The average Bonchev–Trinajstić information content (AvgIpc) is 3.27. The lowest BCUT2D eigenvalue weighted by Gasteiger charge is -2.35. The molecule has 2 amide bonds. The van der Waals surface area contributed by atoms with Crippen molar-refractivity contribution < 1.29 is 14.3 Å². The number of aromatic amines is 1. The van der Waals surface area contributed by atoms with Crippen molar-refractivity contribution in [2.75, 3.05) is 6.61 Å². The minimum Gasteiger partial charge on any atom is -0.376 e. The zero-order valence-corrected chi connectivity index (χ0v) is 16.1. The summed E-state index contributed by atoms with van der Waals surface area (Å²) in [7, 11) is 0. The fraction of sp³-hybridized carbons (Fsp3) is 0.500. The van der Waals surface area contributed by atoms with Gasteiger partial charge in [-0.15, -0.1) is 0 Å². The van der Waals surface area contributed by atoms with Crippen LogP contribution in [0.3, 0.4) is 0 Å². The van der Waals surface area contributed by atoms with Gasteiger partial charge in [-0.3, -0.25) is 19.7 Å². The van der Waals surface area contributed by atoms with E-state index < -0.39 is 0 Å². The van der Waals surface area contributed by atoms with Gasteiger partial charge in [-0.1, -0.05) is 6.92 Å². The Morgan fingerprint density at radius 2 is 2.04 bits per heavy atom. The van der Waals surface area contributed by atoms with E-state index in [1.165, 1.54) is 0 Å². The molecule has 1 aliphatic rings. The summed E-state index contributed by atoms with van der Waals surface area (Å²) in [6, 6.07) is 5.28. The summed E-state index contributed by atoms with van der Waals surface area (Å²) in [4.78, 5) is 29.0. The Morgan fingerprint density at radius 1 is 1.21 bits per heavy atom. The number of amides is 2. The highest BCUT2D eigenvalue weighted by molar-refractivity contribution is 5.92. The van der Waals surface area contributed by atoms with Crippen LogP contribution in [-0.4, -0.2) is 45.7 Å². The van der Waals surface area contributed by atoms with Crippen LogP contribution in [0.1, 0.15) is 48.7 Å². The van der Waals surface area contributed by atoms with E-state index in [4.69, 9.17) is 4.74 Å². The molecule has 1 fully saturated rings. The van der Waals surface area contributed by atoms with Crippen LogP contribution in [0, 0.1) is 5.92 Å². The first-order valence-corrected chi connectivity index (χ1v) is 9.75. The third-order valence-electron chi connectivity index (χ3n) is 4.98. The van der Waals surface area contributed by atoms with Gasteiger partial charge in [0, 0.05) is 37.7 Å². The van der Waals surface area contributed by atoms with Crippen molar-refractivity contribution in [3.8, 4) is 0 Å². The first-order chi connectivity index (χ1) is 13.7. The zero-order chi connectivity index (χ0) is 19.8. The molecule has 3 rings (SSSR count). The summed E-state index contributed by atoms with van der Waals surface area (Å²) in [5, 5.41) is 12.5. The third kappa shape index (κ3) is 5.39. The van der Waals surface area contributed by atoms with E-state index in [-0.39, 0.29) is 29.9 Å². The van der Waals surface area contributed by atoms with Crippen LogP contribution in [-0.2, 0) is 16.1 Å². The topological polar surface area (TPSA) is 109 Å². The minimum absolute atomic E-state index is 0.0280. The molecule has 28 heavy (non-hydrogen) atoms. The van der Waals surface area contributed by atoms with Gasteiger partial charge < -0.3 is 15.4 Å². The SMILES string of the molecule is CCCO[C@H]1C[C@@H](C(=O)NCc2ccncc2)CC[C@@H]1NC(=O)c1ccn[nH]1. The van der Waals surface area contributed by atoms with Crippen LogP contribution in [0.4, 0.5) is 0 Å². The van der Waals surface area contributed by atoms with Crippen LogP contribution in [0.2, 0.25) is 0 Å². The molecule has 3 atom stereocenters. The summed E-state index contributed by atoms with van der Waals surface area (Å²) < 4.78 is 5.98. The van der Waals surface area contributed by atoms with Crippen LogP contribution >= 0.6 is 0 Å². The molecule has 0 radical (unpaired) electrons. The van der Waals surface area contributed by atoms with Gasteiger partial charge in [-0.25, -0.2) is 0 Å². The predicted octanol–water partition coefficient (Wildman–Crippen LogP) is 1.81. The van der Waals surface area contributed by atoms with Crippen LogP contribution in [0.25, 0.3) is 0 Å². The Hall–Kier alpha value is -2.74. The van der Waals surface area contributed by atoms with Crippen LogP contribution < -0.4 is 10.6 Å². The van der Waals surface area contributed by atoms with Gasteiger partial charge in [0.25, 0.3) is 5.91 Å². The van der Waals surface area contributed by atoms with Crippen molar-refractivity contribution >= 4 is 11.8 Å². The van der Waals surface area contributed by atoms with E-state index in [0.29, 0.717) is 38.1 Å². The summed E-state index contributed by atoms with van der Waals surface area (Å²) >= 11 is 0. The number of aromatic nitrogens is 3. The number of H-pyrrole nitrogens is 1. The lowest BCUT2D eigenvalue weighted by molar-refractivity contribution is -0.128. The molecule has 2 aromatic heterocycles. The molecule has 8 heteroatoms. The first-order valence-electron chi connectivity index (χ1n) is 9.75. The molecule has 8 nitrogen and oxygen atoms in total. The molecule has 1 saturated carbocycles. The van der Waals surface area contributed by atoms with E-state index in [9.17, 15) is 9.59 Å². The molecule has 0 bridgehead atoms. The second kappa shape index (κ2) is 9.98. The number of ether oxygens (including phenoxy) is 1. The molecule has 0 aromatic carbocycles. The normalized spacial score (nSPS) is 21.8. The Balaban J connectivity index is 1.56. The molecule has 1 aliphatic carbocycles.